The van der Waals surface area contributed by atoms with Gasteiger partial charge in [0.1, 0.15) is 11.5 Å². The highest BCUT2D eigenvalue weighted by Crippen LogP contribution is 2.38. The van der Waals surface area contributed by atoms with Crippen molar-refractivity contribution < 1.29 is 0 Å². The Morgan fingerprint density at radius 3 is 3.06 bits per heavy atom. The molecule has 0 amide bonds. The molecule has 0 atom stereocenters. The van der Waals surface area contributed by atoms with Crippen LogP contribution in [0.2, 0.25) is 0 Å². The summed E-state index contributed by atoms with van der Waals surface area (Å²) in [5.74, 6) is 2.31. The lowest BCUT2D eigenvalue weighted by atomic mass is 10.4. The van der Waals surface area contributed by atoms with Gasteiger partial charge < -0.3 is 5.73 Å². The molecule has 2 aromatic rings. The quantitative estimate of drug-likeness (QED) is 0.837. The van der Waals surface area contributed by atoms with E-state index in [0.29, 0.717) is 18.3 Å². The number of nitrogens with zero attached hydrogens (tertiary/aromatic N) is 3. The fourth-order valence-corrected chi connectivity index (χ4v) is 2.37. The monoisotopic (exact) mass is 235 g/mol. The van der Waals surface area contributed by atoms with E-state index in [4.69, 9.17) is 5.73 Å². The maximum Gasteiger partial charge on any atom is 0.200 e. The van der Waals surface area contributed by atoms with Crippen molar-refractivity contribution in [2.75, 3.05) is 6.54 Å². The van der Waals surface area contributed by atoms with Crippen molar-refractivity contribution in [3.63, 3.8) is 0 Å². The average molecular weight is 235 g/mol. The predicted octanol–water partition coefficient (Wildman–Crippen LogP) is 1.31. The summed E-state index contributed by atoms with van der Waals surface area (Å²) in [6.45, 7) is 0.633. The van der Waals surface area contributed by atoms with Crippen LogP contribution in [0, 0.1) is 0 Å². The fraction of sp³-hybridized carbons (Fsp3) is 0.500. The van der Waals surface area contributed by atoms with Gasteiger partial charge in [-0.1, -0.05) is 0 Å². The van der Waals surface area contributed by atoms with E-state index in [1.54, 1.807) is 11.3 Å². The molecule has 0 bridgehead atoms. The minimum absolute atomic E-state index is 0.600. The molecule has 1 saturated carbocycles. The van der Waals surface area contributed by atoms with Crippen LogP contribution in [-0.4, -0.2) is 26.7 Å². The third-order valence-electron chi connectivity index (χ3n) is 2.61. The molecule has 0 saturated heterocycles. The zero-order chi connectivity index (χ0) is 11.0. The zero-order valence-electron chi connectivity index (χ0n) is 8.81. The molecule has 3 N–H and O–H groups in total. The van der Waals surface area contributed by atoms with Crippen LogP contribution < -0.4 is 5.73 Å². The van der Waals surface area contributed by atoms with E-state index in [1.165, 1.54) is 12.8 Å². The Morgan fingerprint density at radius 1 is 1.44 bits per heavy atom. The van der Waals surface area contributed by atoms with E-state index in [-0.39, 0.29) is 0 Å². The largest absolute Gasteiger partial charge is 0.330 e. The third-order valence-corrected chi connectivity index (χ3v) is 3.51. The van der Waals surface area contributed by atoms with Crippen LogP contribution in [0.3, 0.4) is 0 Å². The predicted molar refractivity (Wildman–Crippen MR) is 62.2 cm³/mol. The first-order valence-corrected chi connectivity index (χ1v) is 6.32. The summed E-state index contributed by atoms with van der Waals surface area (Å²) in [5, 5.41) is 10.2. The normalized spacial score (nSPS) is 15.6. The maximum atomic E-state index is 5.49. The van der Waals surface area contributed by atoms with Gasteiger partial charge in [0.15, 0.2) is 0 Å². The van der Waals surface area contributed by atoms with Gasteiger partial charge in [0, 0.05) is 17.7 Å². The van der Waals surface area contributed by atoms with Gasteiger partial charge in [-0.3, -0.25) is 5.10 Å². The molecule has 2 heterocycles. The van der Waals surface area contributed by atoms with Crippen LogP contribution in [0.15, 0.2) is 5.38 Å². The molecule has 0 radical (unpaired) electrons. The molecule has 5 nitrogen and oxygen atoms in total. The smallest absolute Gasteiger partial charge is 0.200 e. The van der Waals surface area contributed by atoms with Crippen molar-refractivity contribution in [3.05, 3.63) is 16.2 Å². The highest BCUT2D eigenvalue weighted by molar-refractivity contribution is 7.09. The summed E-state index contributed by atoms with van der Waals surface area (Å²) < 4.78 is 0. The Labute approximate surface area is 97.1 Å². The Morgan fingerprint density at radius 2 is 2.31 bits per heavy atom. The molecule has 16 heavy (non-hydrogen) atoms. The number of rotatable bonds is 4. The second-order valence-electron chi connectivity index (χ2n) is 3.98. The first-order valence-electron chi connectivity index (χ1n) is 5.44. The molecular formula is C10H13N5S. The second kappa shape index (κ2) is 3.95. The molecule has 1 aliphatic rings. The number of nitrogens with two attached hydrogens (primary N) is 1. The molecule has 84 valence electrons. The topological polar surface area (TPSA) is 80.5 Å². The summed E-state index contributed by atoms with van der Waals surface area (Å²) in [6.07, 6.45) is 3.28. The molecule has 0 aromatic carbocycles. The van der Waals surface area contributed by atoms with Crippen molar-refractivity contribution in [1.29, 1.82) is 0 Å². The van der Waals surface area contributed by atoms with Crippen molar-refractivity contribution in [1.82, 2.24) is 20.2 Å². The van der Waals surface area contributed by atoms with E-state index in [9.17, 15) is 0 Å². The lowest BCUT2D eigenvalue weighted by Crippen LogP contribution is -2.02. The minimum atomic E-state index is 0.600. The Balaban J connectivity index is 1.83. The van der Waals surface area contributed by atoms with E-state index in [1.807, 2.05) is 5.38 Å². The summed E-state index contributed by atoms with van der Waals surface area (Å²) in [6, 6.07) is 0. The molecule has 3 rings (SSSR count). The first kappa shape index (κ1) is 9.92. The number of aromatic amines is 1. The number of aromatic nitrogens is 4. The van der Waals surface area contributed by atoms with Gasteiger partial charge >= 0.3 is 0 Å². The van der Waals surface area contributed by atoms with Crippen LogP contribution >= 0.6 is 11.3 Å². The van der Waals surface area contributed by atoms with Gasteiger partial charge in [-0.25, -0.2) is 9.97 Å². The van der Waals surface area contributed by atoms with E-state index >= 15 is 0 Å². The van der Waals surface area contributed by atoms with Crippen molar-refractivity contribution in [2.45, 2.75) is 25.2 Å². The van der Waals surface area contributed by atoms with Gasteiger partial charge in [0.05, 0.1) is 5.01 Å². The second-order valence-corrected chi connectivity index (χ2v) is 4.93. The number of hydrogen-bond donors (Lipinski definition) is 2. The first-order chi connectivity index (χ1) is 7.86. The summed E-state index contributed by atoms with van der Waals surface area (Å²) in [4.78, 5) is 8.92. The summed E-state index contributed by atoms with van der Waals surface area (Å²) in [5.41, 5.74) is 6.35. The van der Waals surface area contributed by atoms with Gasteiger partial charge in [0.2, 0.25) is 5.82 Å². The molecule has 6 heteroatoms. The van der Waals surface area contributed by atoms with Crippen molar-refractivity contribution in [2.24, 2.45) is 5.73 Å². The van der Waals surface area contributed by atoms with E-state index in [2.05, 4.69) is 20.2 Å². The highest BCUT2D eigenvalue weighted by Gasteiger charge is 2.27. The van der Waals surface area contributed by atoms with Gasteiger partial charge in [-0.2, -0.15) is 5.10 Å². The van der Waals surface area contributed by atoms with Crippen LogP contribution in [0.25, 0.3) is 11.5 Å². The highest BCUT2D eigenvalue weighted by atomic mass is 32.1. The van der Waals surface area contributed by atoms with Crippen LogP contribution in [-0.2, 0) is 6.42 Å². The zero-order valence-corrected chi connectivity index (χ0v) is 9.63. The lowest BCUT2D eigenvalue weighted by molar-refractivity contribution is 0.934. The minimum Gasteiger partial charge on any atom is -0.330 e. The fourth-order valence-electron chi connectivity index (χ4n) is 1.58. The van der Waals surface area contributed by atoms with Gasteiger partial charge in [-0.15, -0.1) is 11.3 Å². The Kier molecular flexibility index (Phi) is 2.45. The van der Waals surface area contributed by atoms with Crippen LogP contribution in [0.4, 0.5) is 0 Å². The molecule has 1 aliphatic carbocycles. The number of nitrogens with one attached hydrogen (secondary N) is 1. The maximum absolute atomic E-state index is 5.49. The third kappa shape index (κ3) is 1.85. The number of thiazole rings is 1. The van der Waals surface area contributed by atoms with Crippen molar-refractivity contribution in [3.8, 4) is 11.5 Å². The van der Waals surface area contributed by atoms with Gasteiger partial charge in [0.25, 0.3) is 0 Å². The van der Waals surface area contributed by atoms with E-state index < -0.39 is 0 Å². The van der Waals surface area contributed by atoms with E-state index in [0.717, 1.165) is 22.9 Å². The Hall–Kier alpha value is -1.27. The SMILES string of the molecule is NCCc1nc(-c2n[nH]c(C3CC3)n2)cs1. The number of hydrogen-bond acceptors (Lipinski definition) is 5. The Bertz CT molecular complexity index is 485. The molecule has 0 spiro atoms. The van der Waals surface area contributed by atoms with Crippen molar-refractivity contribution >= 4 is 11.3 Å². The molecule has 1 fully saturated rings. The number of H-pyrrole nitrogens is 1. The average Bonchev–Trinajstić information content (AvgIpc) is 2.85. The van der Waals surface area contributed by atoms with Crippen LogP contribution in [0.5, 0.6) is 0 Å². The molecule has 0 aliphatic heterocycles. The standard InChI is InChI=1S/C10H13N5S/c11-4-3-8-12-7(5-16-8)10-13-9(14-15-10)6-1-2-6/h5-6H,1-4,11H2,(H,13,14,15). The molecular weight excluding hydrogens is 222 g/mol. The van der Waals surface area contributed by atoms with Crippen LogP contribution in [0.1, 0.15) is 29.6 Å². The van der Waals surface area contributed by atoms with Gasteiger partial charge in [-0.05, 0) is 19.4 Å². The molecule has 2 aromatic heterocycles. The lowest BCUT2D eigenvalue weighted by Gasteiger charge is -1.88. The molecule has 0 unspecified atom stereocenters. The summed E-state index contributed by atoms with van der Waals surface area (Å²) >= 11 is 1.62. The summed E-state index contributed by atoms with van der Waals surface area (Å²) in [7, 11) is 0.